The molecule has 0 atom stereocenters. The van der Waals surface area contributed by atoms with Gasteiger partial charge in [0.2, 0.25) is 0 Å². The van der Waals surface area contributed by atoms with Gasteiger partial charge in [-0.3, -0.25) is 4.68 Å². The second-order valence-corrected chi connectivity index (χ2v) is 6.36. The first-order valence-electron chi connectivity index (χ1n) is 8.11. The van der Waals surface area contributed by atoms with E-state index in [-0.39, 0.29) is 5.56 Å². The van der Waals surface area contributed by atoms with Crippen LogP contribution in [0.3, 0.4) is 0 Å². The minimum absolute atomic E-state index is 0.000134. The van der Waals surface area contributed by atoms with Gasteiger partial charge >= 0.3 is 6.18 Å². The Kier molecular flexibility index (Phi) is 4.61. The quantitative estimate of drug-likeness (QED) is 0.791. The van der Waals surface area contributed by atoms with E-state index < -0.39 is 11.7 Å². The second kappa shape index (κ2) is 6.68. The molecule has 1 aromatic carbocycles. The lowest BCUT2D eigenvalue weighted by molar-refractivity contribution is -0.137. The number of aromatic nitrogens is 2. The van der Waals surface area contributed by atoms with Crippen molar-refractivity contribution in [1.82, 2.24) is 9.78 Å². The highest BCUT2D eigenvalue weighted by Crippen LogP contribution is 2.33. The largest absolute Gasteiger partial charge is 0.416 e. The minimum atomic E-state index is -4.47. The van der Waals surface area contributed by atoms with Crippen molar-refractivity contribution in [3.05, 3.63) is 41.7 Å². The van der Waals surface area contributed by atoms with Crippen LogP contribution in [0.25, 0.3) is 11.1 Å². The summed E-state index contributed by atoms with van der Waals surface area (Å²) in [6, 6.07) is 5.21. The van der Waals surface area contributed by atoms with Crippen molar-refractivity contribution >= 4 is 0 Å². The standard InChI is InChI=1S/C18H18F3N3/c19-18(20,21)17-7-14(9-22)6-15(8-17)16-10-23-24(12-16)11-13-4-2-1-3-5-13/h6-8,10,12-13H,1-5,11H2. The van der Waals surface area contributed by atoms with Crippen molar-refractivity contribution in [1.29, 1.82) is 5.26 Å². The van der Waals surface area contributed by atoms with Crippen molar-refractivity contribution in [2.24, 2.45) is 5.92 Å². The summed E-state index contributed by atoms with van der Waals surface area (Å²) in [6.45, 7) is 0.796. The molecule has 1 aliphatic carbocycles. The minimum Gasteiger partial charge on any atom is -0.272 e. The zero-order valence-electron chi connectivity index (χ0n) is 13.2. The smallest absolute Gasteiger partial charge is 0.272 e. The lowest BCUT2D eigenvalue weighted by Gasteiger charge is -2.21. The maximum Gasteiger partial charge on any atom is 0.416 e. The molecular weight excluding hydrogens is 315 g/mol. The predicted octanol–water partition coefficient (Wildman–Crippen LogP) is 5.02. The third kappa shape index (κ3) is 3.78. The Morgan fingerprint density at radius 3 is 2.54 bits per heavy atom. The maximum atomic E-state index is 13.0. The highest BCUT2D eigenvalue weighted by Gasteiger charge is 2.31. The van der Waals surface area contributed by atoms with E-state index in [1.54, 1.807) is 23.1 Å². The molecule has 0 spiro atoms. The van der Waals surface area contributed by atoms with Gasteiger partial charge in [0, 0.05) is 18.3 Å². The van der Waals surface area contributed by atoms with Gasteiger partial charge < -0.3 is 0 Å². The molecule has 1 aromatic heterocycles. The summed E-state index contributed by atoms with van der Waals surface area (Å²) in [7, 11) is 0. The number of halogens is 3. The molecular formula is C18H18F3N3. The molecule has 126 valence electrons. The Morgan fingerprint density at radius 2 is 1.88 bits per heavy atom. The summed E-state index contributed by atoms with van der Waals surface area (Å²) in [5.41, 5.74) is 0.168. The predicted molar refractivity (Wildman–Crippen MR) is 84.0 cm³/mol. The molecule has 0 N–H and O–H groups in total. The third-order valence-corrected chi connectivity index (χ3v) is 4.53. The van der Waals surface area contributed by atoms with E-state index in [4.69, 9.17) is 5.26 Å². The fourth-order valence-corrected chi connectivity index (χ4v) is 3.27. The Bertz CT molecular complexity index is 750. The fraction of sp³-hybridized carbons (Fsp3) is 0.444. The highest BCUT2D eigenvalue weighted by molar-refractivity contribution is 5.65. The van der Waals surface area contributed by atoms with Gasteiger partial charge in [0.25, 0.3) is 0 Å². The molecule has 3 rings (SSSR count). The van der Waals surface area contributed by atoms with Crippen LogP contribution in [0.5, 0.6) is 0 Å². The molecule has 0 radical (unpaired) electrons. The van der Waals surface area contributed by atoms with Crippen LogP contribution >= 0.6 is 0 Å². The molecule has 0 aliphatic heterocycles. The fourth-order valence-electron chi connectivity index (χ4n) is 3.27. The molecule has 1 aliphatic rings. The van der Waals surface area contributed by atoms with Crippen molar-refractivity contribution in [2.75, 3.05) is 0 Å². The van der Waals surface area contributed by atoms with Crippen LogP contribution in [-0.2, 0) is 12.7 Å². The first-order valence-corrected chi connectivity index (χ1v) is 8.11. The topological polar surface area (TPSA) is 41.6 Å². The number of hydrogen-bond acceptors (Lipinski definition) is 2. The molecule has 0 unspecified atom stereocenters. The van der Waals surface area contributed by atoms with E-state index in [0.717, 1.165) is 18.7 Å². The van der Waals surface area contributed by atoms with Crippen molar-refractivity contribution in [3.63, 3.8) is 0 Å². The van der Waals surface area contributed by atoms with E-state index >= 15 is 0 Å². The lowest BCUT2D eigenvalue weighted by atomic mass is 9.89. The first-order chi connectivity index (χ1) is 11.5. The molecule has 0 bridgehead atoms. The van der Waals surface area contributed by atoms with Crippen LogP contribution in [-0.4, -0.2) is 9.78 Å². The lowest BCUT2D eigenvalue weighted by Crippen LogP contribution is -2.14. The van der Waals surface area contributed by atoms with Gasteiger partial charge in [0.05, 0.1) is 23.4 Å². The monoisotopic (exact) mass is 333 g/mol. The Hall–Kier alpha value is -2.29. The molecule has 24 heavy (non-hydrogen) atoms. The van der Waals surface area contributed by atoms with Gasteiger partial charge in [-0.15, -0.1) is 0 Å². The van der Waals surface area contributed by atoms with Crippen LogP contribution in [0, 0.1) is 17.2 Å². The number of nitrogens with zero attached hydrogens (tertiary/aromatic N) is 3. The number of rotatable bonds is 3. The van der Waals surface area contributed by atoms with Crippen LogP contribution in [0.15, 0.2) is 30.6 Å². The Labute approximate surface area is 138 Å². The van der Waals surface area contributed by atoms with Crippen molar-refractivity contribution in [3.8, 4) is 17.2 Å². The highest BCUT2D eigenvalue weighted by atomic mass is 19.4. The van der Waals surface area contributed by atoms with Crippen LogP contribution < -0.4 is 0 Å². The molecule has 2 aromatic rings. The van der Waals surface area contributed by atoms with Crippen molar-refractivity contribution in [2.45, 2.75) is 44.8 Å². The average molecular weight is 333 g/mol. The summed E-state index contributed by atoms with van der Waals surface area (Å²) in [5, 5.41) is 13.3. The first kappa shape index (κ1) is 16.6. The van der Waals surface area contributed by atoms with Crippen LogP contribution in [0.4, 0.5) is 13.2 Å². The van der Waals surface area contributed by atoms with Gasteiger partial charge in [-0.05, 0) is 42.5 Å². The number of alkyl halides is 3. The number of benzene rings is 1. The SMILES string of the molecule is N#Cc1cc(-c2cnn(CC3CCCCC3)c2)cc(C(F)(F)F)c1. The van der Waals surface area contributed by atoms with Gasteiger partial charge in [-0.2, -0.15) is 23.5 Å². The van der Waals surface area contributed by atoms with Crippen molar-refractivity contribution < 1.29 is 13.2 Å². The molecule has 1 heterocycles. The van der Waals surface area contributed by atoms with E-state index in [1.807, 2.05) is 0 Å². The normalized spacial score (nSPS) is 16.1. The molecule has 0 amide bonds. The van der Waals surface area contributed by atoms with E-state index in [1.165, 1.54) is 38.2 Å². The Balaban J connectivity index is 1.85. The zero-order valence-corrected chi connectivity index (χ0v) is 13.2. The van der Waals surface area contributed by atoms with Gasteiger partial charge in [0.1, 0.15) is 0 Å². The average Bonchev–Trinajstić information content (AvgIpc) is 3.03. The van der Waals surface area contributed by atoms with E-state index in [2.05, 4.69) is 5.10 Å². The third-order valence-electron chi connectivity index (χ3n) is 4.53. The van der Waals surface area contributed by atoms with Gasteiger partial charge in [0.15, 0.2) is 0 Å². The molecule has 1 saturated carbocycles. The molecule has 3 nitrogen and oxygen atoms in total. The molecule has 0 saturated heterocycles. The summed E-state index contributed by atoms with van der Waals surface area (Å²) in [4.78, 5) is 0. The van der Waals surface area contributed by atoms with Crippen LogP contribution in [0.2, 0.25) is 0 Å². The zero-order chi connectivity index (χ0) is 17.2. The Morgan fingerprint density at radius 1 is 1.12 bits per heavy atom. The second-order valence-electron chi connectivity index (χ2n) is 6.36. The van der Waals surface area contributed by atoms with Gasteiger partial charge in [-0.25, -0.2) is 0 Å². The molecule has 1 fully saturated rings. The van der Waals surface area contributed by atoms with Gasteiger partial charge in [-0.1, -0.05) is 19.3 Å². The summed E-state index contributed by atoms with van der Waals surface area (Å²) >= 11 is 0. The summed E-state index contributed by atoms with van der Waals surface area (Å²) in [5.74, 6) is 0.586. The number of nitriles is 1. The summed E-state index contributed by atoms with van der Waals surface area (Å²) < 4.78 is 40.8. The number of hydrogen-bond donors (Lipinski definition) is 0. The van der Waals surface area contributed by atoms with Crippen LogP contribution in [0.1, 0.15) is 43.2 Å². The summed E-state index contributed by atoms with van der Waals surface area (Å²) in [6.07, 6.45) is 4.97. The van der Waals surface area contributed by atoms with E-state index in [0.29, 0.717) is 17.0 Å². The molecule has 6 heteroatoms. The van der Waals surface area contributed by atoms with E-state index in [9.17, 15) is 13.2 Å². The maximum absolute atomic E-state index is 13.0.